The molecular formula is C13H21N3O3S. The number of amides is 2. The first-order valence-electron chi connectivity index (χ1n) is 6.57. The van der Waals surface area contributed by atoms with Gasteiger partial charge in [-0.3, -0.25) is 4.79 Å². The summed E-state index contributed by atoms with van der Waals surface area (Å²) < 4.78 is 0. The summed E-state index contributed by atoms with van der Waals surface area (Å²) in [5.41, 5.74) is 0.967. The molecule has 0 saturated carbocycles. The average molecular weight is 299 g/mol. The Kier molecular flexibility index (Phi) is 6.44. The van der Waals surface area contributed by atoms with E-state index < -0.39 is 5.97 Å². The number of urea groups is 1. The predicted octanol–water partition coefficient (Wildman–Crippen LogP) is 1.89. The van der Waals surface area contributed by atoms with Crippen LogP contribution in [0.5, 0.6) is 0 Å². The van der Waals surface area contributed by atoms with E-state index in [9.17, 15) is 9.59 Å². The summed E-state index contributed by atoms with van der Waals surface area (Å²) in [5, 5.41) is 14.5. The highest BCUT2D eigenvalue weighted by atomic mass is 32.1. The molecule has 0 saturated heterocycles. The van der Waals surface area contributed by atoms with Crippen LogP contribution in [0.2, 0.25) is 0 Å². The molecule has 2 N–H and O–H groups in total. The first kappa shape index (κ1) is 16.4. The lowest BCUT2D eigenvalue weighted by Crippen LogP contribution is -2.45. The fourth-order valence-electron chi connectivity index (χ4n) is 1.73. The largest absolute Gasteiger partial charge is 0.481 e. The lowest BCUT2D eigenvalue weighted by molar-refractivity contribution is -0.137. The second kappa shape index (κ2) is 7.84. The van der Waals surface area contributed by atoms with Crippen LogP contribution in [0.25, 0.3) is 0 Å². The van der Waals surface area contributed by atoms with E-state index >= 15 is 0 Å². The average Bonchev–Trinajstić information content (AvgIpc) is 2.74. The summed E-state index contributed by atoms with van der Waals surface area (Å²) >= 11 is 1.59. The van der Waals surface area contributed by atoms with Crippen LogP contribution in [-0.2, 0) is 11.2 Å². The van der Waals surface area contributed by atoms with Gasteiger partial charge in [-0.15, -0.1) is 11.3 Å². The number of aromatic nitrogens is 1. The van der Waals surface area contributed by atoms with E-state index in [-0.39, 0.29) is 25.0 Å². The number of aryl methyl sites for hydroxylation is 1. The van der Waals surface area contributed by atoms with Gasteiger partial charge in [0.15, 0.2) is 0 Å². The van der Waals surface area contributed by atoms with E-state index in [0.717, 1.165) is 10.7 Å². The third kappa shape index (κ3) is 5.56. The highest BCUT2D eigenvalue weighted by Crippen LogP contribution is 2.08. The Hall–Kier alpha value is -1.63. The molecule has 0 atom stereocenters. The minimum absolute atomic E-state index is 0.0316. The van der Waals surface area contributed by atoms with Crippen LogP contribution < -0.4 is 5.32 Å². The predicted molar refractivity (Wildman–Crippen MR) is 78.0 cm³/mol. The van der Waals surface area contributed by atoms with Crippen molar-refractivity contribution in [1.29, 1.82) is 0 Å². The maximum atomic E-state index is 12.0. The molecule has 1 aromatic rings. The summed E-state index contributed by atoms with van der Waals surface area (Å²) in [4.78, 5) is 28.4. The molecule has 0 unspecified atom stereocenters. The van der Waals surface area contributed by atoms with Gasteiger partial charge in [-0.05, 0) is 20.8 Å². The van der Waals surface area contributed by atoms with Crippen molar-refractivity contribution >= 4 is 23.3 Å². The van der Waals surface area contributed by atoms with Crippen LogP contribution in [0, 0.1) is 6.92 Å². The molecule has 0 aliphatic rings. The van der Waals surface area contributed by atoms with Crippen molar-refractivity contribution in [2.45, 2.75) is 39.7 Å². The van der Waals surface area contributed by atoms with Gasteiger partial charge in [-0.1, -0.05) is 0 Å². The van der Waals surface area contributed by atoms with Crippen LogP contribution in [0.4, 0.5) is 4.79 Å². The quantitative estimate of drug-likeness (QED) is 0.805. The van der Waals surface area contributed by atoms with Crippen molar-refractivity contribution in [3.8, 4) is 0 Å². The van der Waals surface area contributed by atoms with Crippen LogP contribution in [0.15, 0.2) is 5.38 Å². The Morgan fingerprint density at radius 3 is 2.70 bits per heavy atom. The van der Waals surface area contributed by atoms with Gasteiger partial charge in [-0.2, -0.15) is 0 Å². The van der Waals surface area contributed by atoms with E-state index in [0.29, 0.717) is 13.0 Å². The van der Waals surface area contributed by atoms with E-state index in [1.54, 1.807) is 11.3 Å². The van der Waals surface area contributed by atoms with Gasteiger partial charge < -0.3 is 15.3 Å². The van der Waals surface area contributed by atoms with Gasteiger partial charge in [0, 0.05) is 30.9 Å². The topological polar surface area (TPSA) is 82.5 Å². The Balaban J connectivity index is 2.39. The molecule has 1 aromatic heterocycles. The highest BCUT2D eigenvalue weighted by Gasteiger charge is 2.17. The monoisotopic (exact) mass is 299 g/mol. The van der Waals surface area contributed by atoms with Gasteiger partial charge >= 0.3 is 12.0 Å². The van der Waals surface area contributed by atoms with Crippen molar-refractivity contribution in [2.75, 3.05) is 13.1 Å². The van der Waals surface area contributed by atoms with Crippen molar-refractivity contribution < 1.29 is 14.7 Å². The molecule has 0 aromatic carbocycles. The summed E-state index contributed by atoms with van der Waals surface area (Å²) in [6.07, 6.45) is 0.637. The molecule has 6 nitrogen and oxygen atoms in total. The van der Waals surface area contributed by atoms with Crippen LogP contribution in [-0.4, -0.2) is 46.1 Å². The fraction of sp³-hybridized carbons (Fsp3) is 0.615. The molecule has 112 valence electrons. The molecule has 20 heavy (non-hydrogen) atoms. The van der Waals surface area contributed by atoms with Gasteiger partial charge in [0.2, 0.25) is 0 Å². The Morgan fingerprint density at radius 2 is 2.20 bits per heavy atom. The van der Waals surface area contributed by atoms with E-state index in [1.165, 1.54) is 4.90 Å². The molecule has 0 spiro atoms. The van der Waals surface area contributed by atoms with E-state index in [1.807, 2.05) is 26.2 Å². The van der Waals surface area contributed by atoms with Crippen molar-refractivity contribution in [3.05, 3.63) is 16.1 Å². The maximum Gasteiger partial charge on any atom is 0.317 e. The fourth-order valence-corrected chi connectivity index (χ4v) is 2.38. The van der Waals surface area contributed by atoms with Crippen molar-refractivity contribution in [3.63, 3.8) is 0 Å². The molecule has 0 aliphatic carbocycles. The zero-order valence-electron chi connectivity index (χ0n) is 12.0. The Labute approximate surface area is 122 Å². The number of hydrogen-bond donors (Lipinski definition) is 2. The second-order valence-electron chi connectivity index (χ2n) is 4.77. The molecule has 1 heterocycles. The van der Waals surface area contributed by atoms with E-state index in [4.69, 9.17) is 5.11 Å². The Bertz CT molecular complexity index is 459. The number of carboxylic acid groups (broad SMARTS) is 1. The molecule has 0 bridgehead atoms. The standard InChI is InChI=1S/C13H21N3O3S/c1-9(2)16(7-5-12(17)18)13(19)14-6-4-11-8-20-10(3)15-11/h8-9H,4-7H2,1-3H3,(H,14,19)(H,17,18). The SMILES string of the molecule is Cc1nc(CCNC(=O)N(CCC(=O)O)C(C)C)cs1. The van der Waals surface area contributed by atoms with Crippen molar-refractivity contribution in [1.82, 2.24) is 15.2 Å². The summed E-state index contributed by atoms with van der Waals surface area (Å²) in [6, 6.07) is -0.260. The zero-order chi connectivity index (χ0) is 15.1. The number of carbonyl (C=O) groups excluding carboxylic acids is 1. The minimum Gasteiger partial charge on any atom is -0.481 e. The van der Waals surface area contributed by atoms with Crippen LogP contribution in [0.1, 0.15) is 31.0 Å². The molecule has 2 amide bonds. The number of hydrogen-bond acceptors (Lipinski definition) is 4. The molecule has 0 radical (unpaired) electrons. The van der Waals surface area contributed by atoms with Gasteiger partial charge in [0.25, 0.3) is 0 Å². The van der Waals surface area contributed by atoms with Crippen LogP contribution in [0.3, 0.4) is 0 Å². The number of rotatable bonds is 7. The molecule has 0 fully saturated rings. The zero-order valence-corrected chi connectivity index (χ0v) is 12.9. The number of thiazole rings is 1. The lowest BCUT2D eigenvalue weighted by Gasteiger charge is -2.26. The summed E-state index contributed by atoms with van der Waals surface area (Å²) in [5.74, 6) is -0.901. The van der Waals surface area contributed by atoms with Gasteiger partial charge in [0.1, 0.15) is 0 Å². The number of nitrogens with one attached hydrogen (secondary N) is 1. The highest BCUT2D eigenvalue weighted by molar-refractivity contribution is 7.09. The number of carbonyl (C=O) groups is 2. The van der Waals surface area contributed by atoms with Crippen molar-refractivity contribution in [2.24, 2.45) is 0 Å². The maximum absolute atomic E-state index is 12.0. The number of nitrogens with zero attached hydrogens (tertiary/aromatic N) is 2. The third-order valence-corrected chi connectivity index (χ3v) is 3.60. The molecule has 0 aliphatic heterocycles. The first-order valence-corrected chi connectivity index (χ1v) is 7.45. The van der Waals surface area contributed by atoms with E-state index in [2.05, 4.69) is 10.3 Å². The molecular weight excluding hydrogens is 278 g/mol. The molecule has 1 rings (SSSR count). The Morgan fingerprint density at radius 1 is 1.50 bits per heavy atom. The van der Waals surface area contributed by atoms with Gasteiger partial charge in [0.05, 0.1) is 17.1 Å². The lowest BCUT2D eigenvalue weighted by atomic mass is 10.3. The third-order valence-electron chi connectivity index (χ3n) is 2.77. The minimum atomic E-state index is -0.901. The number of aliphatic carboxylic acids is 1. The number of carboxylic acids is 1. The van der Waals surface area contributed by atoms with Crippen LogP contribution >= 0.6 is 11.3 Å². The summed E-state index contributed by atoms with van der Waals surface area (Å²) in [6.45, 7) is 6.39. The smallest absolute Gasteiger partial charge is 0.317 e. The first-order chi connectivity index (χ1) is 9.40. The summed E-state index contributed by atoms with van der Waals surface area (Å²) in [7, 11) is 0. The van der Waals surface area contributed by atoms with Gasteiger partial charge in [-0.25, -0.2) is 9.78 Å². The second-order valence-corrected chi connectivity index (χ2v) is 5.83. The molecule has 7 heteroatoms. The normalized spacial score (nSPS) is 10.6.